The van der Waals surface area contributed by atoms with Crippen molar-refractivity contribution in [1.82, 2.24) is 0 Å². The first-order valence-electron chi connectivity index (χ1n) is 6.57. The Hall–Kier alpha value is -1.08. The van der Waals surface area contributed by atoms with Crippen molar-refractivity contribution in [3.63, 3.8) is 0 Å². The molecule has 1 heteroatoms. The van der Waals surface area contributed by atoms with E-state index in [9.17, 15) is 5.11 Å². The first-order chi connectivity index (χ1) is 8.16. The molecule has 1 N–H and O–H groups in total. The molecule has 0 saturated carbocycles. The van der Waals surface area contributed by atoms with Gasteiger partial charge in [-0.15, -0.1) is 0 Å². The molecule has 1 aromatic carbocycles. The van der Waals surface area contributed by atoms with Crippen LogP contribution in [-0.4, -0.2) is 11.2 Å². The molecule has 3 unspecified atom stereocenters. The minimum absolute atomic E-state index is 0.219. The predicted molar refractivity (Wildman–Crippen MR) is 71.8 cm³/mol. The number of aliphatic hydroxyl groups is 1. The minimum Gasteiger partial charge on any atom is -0.388 e. The van der Waals surface area contributed by atoms with Crippen LogP contribution in [0.5, 0.6) is 0 Å². The van der Waals surface area contributed by atoms with Crippen LogP contribution in [0.25, 0.3) is 0 Å². The van der Waals surface area contributed by atoms with Crippen LogP contribution in [0.2, 0.25) is 0 Å². The third-order valence-corrected chi connectivity index (χ3v) is 3.83. The van der Waals surface area contributed by atoms with Gasteiger partial charge in [0.05, 0.1) is 6.10 Å². The van der Waals surface area contributed by atoms with Crippen LogP contribution < -0.4 is 0 Å². The van der Waals surface area contributed by atoms with Crippen molar-refractivity contribution in [3.8, 4) is 0 Å². The summed E-state index contributed by atoms with van der Waals surface area (Å²) >= 11 is 0. The zero-order valence-corrected chi connectivity index (χ0v) is 10.8. The molecule has 17 heavy (non-hydrogen) atoms. The standard InChI is InChI=1S/C16H22O/c1-12-10-15(11-13(2)16(12)17)9-8-14-6-4-3-5-7-14/h3-7,10,13,15-17H,8-9,11H2,1-2H3. The summed E-state index contributed by atoms with van der Waals surface area (Å²) in [6.07, 6.45) is 5.50. The fourth-order valence-electron chi connectivity index (χ4n) is 2.79. The van der Waals surface area contributed by atoms with E-state index < -0.39 is 0 Å². The van der Waals surface area contributed by atoms with Gasteiger partial charge in [-0.25, -0.2) is 0 Å². The largest absolute Gasteiger partial charge is 0.388 e. The predicted octanol–water partition coefficient (Wildman–Crippen LogP) is 3.58. The van der Waals surface area contributed by atoms with Crippen LogP contribution in [0.4, 0.5) is 0 Å². The number of hydrogen-bond donors (Lipinski definition) is 1. The minimum atomic E-state index is -0.219. The second-order valence-electron chi connectivity index (χ2n) is 5.35. The number of aliphatic hydroxyl groups excluding tert-OH is 1. The van der Waals surface area contributed by atoms with E-state index in [-0.39, 0.29) is 6.10 Å². The Kier molecular flexibility index (Phi) is 4.01. The van der Waals surface area contributed by atoms with Crippen molar-refractivity contribution in [3.05, 3.63) is 47.5 Å². The second-order valence-corrected chi connectivity index (χ2v) is 5.35. The van der Waals surface area contributed by atoms with Gasteiger partial charge in [0.25, 0.3) is 0 Å². The molecule has 0 amide bonds. The first kappa shape index (κ1) is 12.4. The molecule has 1 aliphatic carbocycles. The smallest absolute Gasteiger partial charge is 0.0773 e. The van der Waals surface area contributed by atoms with Crippen LogP contribution in [0.15, 0.2) is 42.0 Å². The van der Waals surface area contributed by atoms with E-state index in [0.717, 1.165) is 18.4 Å². The van der Waals surface area contributed by atoms with Gasteiger partial charge in [0.2, 0.25) is 0 Å². The van der Waals surface area contributed by atoms with Gasteiger partial charge in [0, 0.05) is 0 Å². The van der Waals surface area contributed by atoms with Crippen molar-refractivity contribution in [2.75, 3.05) is 0 Å². The van der Waals surface area contributed by atoms with Crippen molar-refractivity contribution in [2.24, 2.45) is 11.8 Å². The highest BCUT2D eigenvalue weighted by atomic mass is 16.3. The van der Waals surface area contributed by atoms with E-state index in [1.165, 1.54) is 12.0 Å². The highest BCUT2D eigenvalue weighted by Crippen LogP contribution is 2.30. The van der Waals surface area contributed by atoms with Crippen LogP contribution in [0.3, 0.4) is 0 Å². The number of hydrogen-bond acceptors (Lipinski definition) is 1. The molecule has 0 fully saturated rings. The average Bonchev–Trinajstić information content (AvgIpc) is 2.34. The lowest BCUT2D eigenvalue weighted by Gasteiger charge is -2.29. The Morgan fingerprint density at radius 1 is 1.24 bits per heavy atom. The van der Waals surface area contributed by atoms with Crippen LogP contribution in [-0.2, 0) is 6.42 Å². The Morgan fingerprint density at radius 3 is 2.59 bits per heavy atom. The molecular formula is C16H22O. The number of allylic oxidation sites excluding steroid dienone is 1. The van der Waals surface area contributed by atoms with Gasteiger partial charge in [-0.3, -0.25) is 0 Å². The van der Waals surface area contributed by atoms with Crippen molar-refractivity contribution in [2.45, 2.75) is 39.2 Å². The average molecular weight is 230 g/mol. The summed E-state index contributed by atoms with van der Waals surface area (Å²) in [6.45, 7) is 4.20. The van der Waals surface area contributed by atoms with Gasteiger partial charge in [0.15, 0.2) is 0 Å². The summed E-state index contributed by atoms with van der Waals surface area (Å²) < 4.78 is 0. The van der Waals surface area contributed by atoms with E-state index in [1.54, 1.807) is 0 Å². The van der Waals surface area contributed by atoms with Gasteiger partial charge in [0.1, 0.15) is 0 Å². The zero-order chi connectivity index (χ0) is 12.3. The van der Waals surface area contributed by atoms with E-state index in [2.05, 4.69) is 50.3 Å². The fraction of sp³-hybridized carbons (Fsp3) is 0.500. The summed E-state index contributed by atoms with van der Waals surface area (Å²) in [5.74, 6) is 1.04. The van der Waals surface area contributed by atoms with E-state index in [4.69, 9.17) is 0 Å². The molecule has 0 aliphatic heterocycles. The van der Waals surface area contributed by atoms with E-state index in [1.807, 2.05) is 0 Å². The summed E-state index contributed by atoms with van der Waals surface area (Å²) in [5.41, 5.74) is 2.57. The van der Waals surface area contributed by atoms with E-state index in [0.29, 0.717) is 11.8 Å². The summed E-state index contributed by atoms with van der Waals surface area (Å²) in [5, 5.41) is 9.88. The van der Waals surface area contributed by atoms with Gasteiger partial charge < -0.3 is 5.11 Å². The summed E-state index contributed by atoms with van der Waals surface area (Å²) in [6, 6.07) is 10.6. The van der Waals surface area contributed by atoms with Gasteiger partial charge in [-0.2, -0.15) is 0 Å². The molecule has 3 atom stereocenters. The maximum absolute atomic E-state index is 9.88. The van der Waals surface area contributed by atoms with E-state index >= 15 is 0 Å². The number of aryl methyl sites for hydroxylation is 1. The van der Waals surface area contributed by atoms with Crippen molar-refractivity contribution in [1.29, 1.82) is 0 Å². The Labute approximate surface area is 104 Å². The lowest BCUT2D eigenvalue weighted by Crippen LogP contribution is -2.26. The topological polar surface area (TPSA) is 20.2 Å². The monoisotopic (exact) mass is 230 g/mol. The van der Waals surface area contributed by atoms with Crippen LogP contribution in [0, 0.1) is 11.8 Å². The molecule has 2 rings (SSSR count). The third-order valence-electron chi connectivity index (χ3n) is 3.83. The first-order valence-corrected chi connectivity index (χ1v) is 6.57. The normalized spacial score (nSPS) is 28.9. The van der Waals surface area contributed by atoms with Crippen LogP contribution in [0.1, 0.15) is 32.3 Å². The number of benzene rings is 1. The van der Waals surface area contributed by atoms with Gasteiger partial charge in [-0.1, -0.05) is 43.3 Å². The Balaban J connectivity index is 1.92. The Bertz CT molecular complexity index is 380. The van der Waals surface area contributed by atoms with Crippen molar-refractivity contribution >= 4 is 0 Å². The molecule has 1 aliphatic rings. The van der Waals surface area contributed by atoms with Gasteiger partial charge in [-0.05, 0) is 49.2 Å². The molecule has 1 aromatic rings. The van der Waals surface area contributed by atoms with Crippen molar-refractivity contribution < 1.29 is 5.11 Å². The second kappa shape index (κ2) is 5.50. The third kappa shape index (κ3) is 3.19. The maximum atomic E-state index is 9.88. The summed E-state index contributed by atoms with van der Waals surface area (Å²) in [4.78, 5) is 0. The molecule has 1 nitrogen and oxygen atoms in total. The molecule has 0 spiro atoms. The quantitative estimate of drug-likeness (QED) is 0.787. The highest BCUT2D eigenvalue weighted by molar-refractivity contribution is 5.16. The Morgan fingerprint density at radius 2 is 1.94 bits per heavy atom. The van der Waals surface area contributed by atoms with Crippen LogP contribution >= 0.6 is 0 Å². The molecule has 0 aromatic heterocycles. The SMILES string of the molecule is CC1=CC(CCc2ccccc2)CC(C)C1O. The molecule has 92 valence electrons. The summed E-state index contributed by atoms with van der Waals surface area (Å²) in [7, 11) is 0. The molecule has 0 heterocycles. The molecule has 0 bridgehead atoms. The maximum Gasteiger partial charge on any atom is 0.0773 e. The molecule has 0 radical (unpaired) electrons. The lowest BCUT2D eigenvalue weighted by molar-refractivity contribution is 0.125. The zero-order valence-electron chi connectivity index (χ0n) is 10.8. The number of rotatable bonds is 3. The molecule has 0 saturated heterocycles. The fourth-order valence-corrected chi connectivity index (χ4v) is 2.79. The lowest BCUT2D eigenvalue weighted by atomic mass is 9.79. The molecular weight excluding hydrogens is 208 g/mol. The van der Waals surface area contributed by atoms with Gasteiger partial charge >= 0.3 is 0 Å². The highest BCUT2D eigenvalue weighted by Gasteiger charge is 2.24.